The van der Waals surface area contributed by atoms with Gasteiger partial charge < -0.3 is 19.9 Å². The number of H-pyrrole nitrogens is 1. The molecule has 1 aromatic heterocycles. The molecule has 0 saturated carbocycles. The van der Waals surface area contributed by atoms with Crippen LogP contribution in [0.4, 0.5) is 4.79 Å². The van der Waals surface area contributed by atoms with Crippen LogP contribution in [0.2, 0.25) is 5.02 Å². The molecule has 0 spiro atoms. The number of imide groups is 1. The van der Waals surface area contributed by atoms with E-state index < -0.39 is 24.0 Å². The summed E-state index contributed by atoms with van der Waals surface area (Å²) < 4.78 is 6.38. The van der Waals surface area contributed by atoms with E-state index in [1.807, 2.05) is 42.5 Å². The molecule has 2 heterocycles. The number of nitrogens with one attached hydrogen (secondary N) is 2. The number of rotatable bonds is 9. The average Bonchev–Trinajstić information content (AvgIpc) is 3.55. The lowest BCUT2D eigenvalue weighted by atomic mass is 10.0. The molecule has 0 radical (unpaired) electrons. The first-order valence-corrected chi connectivity index (χ1v) is 14.0. The first-order valence-electron chi connectivity index (χ1n) is 12.8. The zero-order chi connectivity index (χ0) is 29.1. The number of imidazole rings is 1. The highest BCUT2D eigenvalue weighted by molar-refractivity contribution is 9.10. The Morgan fingerprint density at radius 1 is 1.10 bits per heavy atom. The number of likely N-dealkylation sites (N-methyl/N-ethyl adjacent to an activating group) is 1. The molecular weight excluding hydrogens is 610 g/mol. The number of carbonyl (C=O) groups excluding carboxylic acids is 3. The van der Waals surface area contributed by atoms with E-state index in [2.05, 4.69) is 31.2 Å². The molecule has 210 valence electrons. The molecule has 9 nitrogen and oxygen atoms in total. The third-order valence-corrected chi connectivity index (χ3v) is 7.57. The minimum atomic E-state index is -0.881. The Morgan fingerprint density at radius 2 is 1.83 bits per heavy atom. The number of amides is 4. The number of hydrogen-bond acceptors (Lipinski definition) is 5. The molecule has 1 saturated heterocycles. The molecule has 2 atom stereocenters. The summed E-state index contributed by atoms with van der Waals surface area (Å²) in [5.41, 5.74) is 2.95. The number of benzene rings is 3. The van der Waals surface area contributed by atoms with Crippen molar-refractivity contribution in [1.82, 2.24) is 25.1 Å². The van der Waals surface area contributed by atoms with E-state index in [0.717, 1.165) is 15.6 Å². The van der Waals surface area contributed by atoms with E-state index in [4.69, 9.17) is 16.3 Å². The van der Waals surface area contributed by atoms with Gasteiger partial charge in [0.05, 0.1) is 16.9 Å². The van der Waals surface area contributed by atoms with Crippen molar-refractivity contribution in [1.29, 1.82) is 0 Å². The van der Waals surface area contributed by atoms with E-state index >= 15 is 0 Å². The lowest BCUT2D eigenvalue weighted by Gasteiger charge is -2.24. The topological polar surface area (TPSA) is 108 Å². The monoisotopic (exact) mass is 635 g/mol. The van der Waals surface area contributed by atoms with Crippen LogP contribution < -0.4 is 10.1 Å². The van der Waals surface area contributed by atoms with Gasteiger partial charge in [0.25, 0.3) is 11.8 Å². The molecule has 1 aliphatic rings. The second-order valence-electron chi connectivity index (χ2n) is 9.75. The zero-order valence-electron chi connectivity index (χ0n) is 22.3. The van der Waals surface area contributed by atoms with Crippen molar-refractivity contribution in [2.24, 2.45) is 0 Å². The van der Waals surface area contributed by atoms with Crippen LogP contribution in [0, 0.1) is 0 Å². The predicted molar refractivity (Wildman–Crippen MR) is 158 cm³/mol. The van der Waals surface area contributed by atoms with E-state index in [1.165, 1.54) is 9.80 Å². The molecule has 5 rings (SSSR count). The Kier molecular flexibility index (Phi) is 8.41. The van der Waals surface area contributed by atoms with Crippen molar-refractivity contribution >= 4 is 45.4 Å². The number of nitrogens with zero attached hydrogens (tertiary/aromatic N) is 3. The van der Waals surface area contributed by atoms with Crippen LogP contribution in [0.15, 0.2) is 83.5 Å². The molecule has 2 N–H and O–H groups in total. The van der Waals surface area contributed by atoms with Gasteiger partial charge in [-0.2, -0.15) is 0 Å². The smallest absolute Gasteiger partial charge is 0.325 e. The van der Waals surface area contributed by atoms with Gasteiger partial charge in [-0.1, -0.05) is 76.1 Å². The highest BCUT2D eigenvalue weighted by atomic mass is 79.9. The van der Waals surface area contributed by atoms with Crippen LogP contribution in [0.5, 0.6) is 5.75 Å². The fourth-order valence-electron chi connectivity index (χ4n) is 4.54. The van der Waals surface area contributed by atoms with Crippen LogP contribution in [-0.4, -0.2) is 58.3 Å². The number of aromatic amines is 1. The van der Waals surface area contributed by atoms with Gasteiger partial charge in [-0.25, -0.2) is 9.78 Å². The highest BCUT2D eigenvalue weighted by Crippen LogP contribution is 2.34. The third kappa shape index (κ3) is 6.28. The fourth-order valence-corrected chi connectivity index (χ4v) is 5.32. The molecule has 1 fully saturated rings. The Balaban J connectivity index is 1.41. The van der Waals surface area contributed by atoms with Gasteiger partial charge in [0.2, 0.25) is 0 Å². The molecule has 41 heavy (non-hydrogen) atoms. The quantitative estimate of drug-likeness (QED) is 0.235. The van der Waals surface area contributed by atoms with Gasteiger partial charge in [0.15, 0.2) is 6.61 Å². The number of hydrogen-bond donors (Lipinski definition) is 2. The van der Waals surface area contributed by atoms with Gasteiger partial charge in [0.1, 0.15) is 23.7 Å². The molecule has 4 amide bonds. The Morgan fingerprint density at radius 3 is 2.51 bits per heavy atom. The molecular formula is C30H27BrClN5O4. The van der Waals surface area contributed by atoms with Gasteiger partial charge in [-0.3, -0.25) is 14.5 Å². The Hall–Kier alpha value is -4.15. The van der Waals surface area contributed by atoms with Crippen LogP contribution in [0.1, 0.15) is 29.0 Å². The van der Waals surface area contributed by atoms with Gasteiger partial charge in [0, 0.05) is 30.6 Å². The Bertz CT molecular complexity index is 1580. The number of aromatic nitrogens is 2. The van der Waals surface area contributed by atoms with Crippen molar-refractivity contribution in [3.8, 4) is 17.0 Å². The summed E-state index contributed by atoms with van der Waals surface area (Å²) in [6.45, 7) is -0.100. The molecule has 11 heteroatoms. The molecule has 4 aromatic rings. The lowest BCUT2D eigenvalue weighted by molar-refractivity contribution is -0.131. The van der Waals surface area contributed by atoms with Crippen molar-refractivity contribution in [3.05, 3.63) is 105 Å². The summed E-state index contributed by atoms with van der Waals surface area (Å²) in [5.74, 6) is 0.374. The minimum Gasteiger partial charge on any atom is -0.484 e. The normalized spacial score (nSPS) is 15.5. The van der Waals surface area contributed by atoms with Gasteiger partial charge >= 0.3 is 6.03 Å². The molecule has 0 aliphatic carbocycles. The van der Waals surface area contributed by atoms with Crippen LogP contribution in [0.25, 0.3) is 11.3 Å². The molecule has 1 unspecified atom stereocenters. The van der Waals surface area contributed by atoms with E-state index in [-0.39, 0.29) is 12.5 Å². The van der Waals surface area contributed by atoms with Crippen molar-refractivity contribution < 1.29 is 19.1 Å². The number of urea groups is 1. The molecule has 1 aliphatic heterocycles. The highest BCUT2D eigenvalue weighted by Gasteiger charge is 2.44. The van der Waals surface area contributed by atoms with E-state index in [0.29, 0.717) is 34.3 Å². The average molecular weight is 637 g/mol. The maximum Gasteiger partial charge on any atom is 0.325 e. The first kappa shape index (κ1) is 28.4. The summed E-state index contributed by atoms with van der Waals surface area (Å²) in [4.78, 5) is 49.4. The van der Waals surface area contributed by atoms with Crippen LogP contribution in [-0.2, 0) is 16.0 Å². The van der Waals surface area contributed by atoms with Crippen molar-refractivity contribution in [2.45, 2.75) is 18.5 Å². The van der Waals surface area contributed by atoms with Gasteiger partial charge in [-0.15, -0.1) is 0 Å². The maximum absolute atomic E-state index is 13.8. The summed E-state index contributed by atoms with van der Waals surface area (Å²) >= 11 is 9.89. The summed E-state index contributed by atoms with van der Waals surface area (Å²) in [7, 11) is 3.30. The largest absolute Gasteiger partial charge is 0.484 e. The molecule has 3 aromatic carbocycles. The second kappa shape index (κ2) is 12.2. The van der Waals surface area contributed by atoms with Crippen molar-refractivity contribution in [3.63, 3.8) is 0 Å². The minimum absolute atomic E-state index is 0.100. The lowest BCUT2D eigenvalue weighted by Crippen LogP contribution is -2.36. The summed E-state index contributed by atoms with van der Waals surface area (Å²) in [6.07, 6.45) is 2.01. The maximum atomic E-state index is 13.8. The standard InChI is InChI=1S/C30H27BrClN5O4/c1-36(2)26(38)17-41-21-11-8-19(9-12-21)27-29(39)37(30(40)35-27)25(14-18-6-4-3-5-7-18)28-33-16-24(34-28)22-13-10-20(31)15-23(22)32/h3-13,15-16,25,27H,14,17H2,1-2H3,(H,33,34)(H,35,40)/t25?,27-/m1/s1. The summed E-state index contributed by atoms with van der Waals surface area (Å²) in [6, 6.07) is 19.8. The number of carbonyl (C=O) groups is 3. The SMILES string of the molecule is CN(C)C(=O)COc1ccc([C@H]2NC(=O)N(C(Cc3ccccc3)c3ncc(-c4ccc(Br)cc4Cl)[nH]3)C2=O)cc1. The summed E-state index contributed by atoms with van der Waals surface area (Å²) in [5, 5.41) is 3.34. The second-order valence-corrected chi connectivity index (χ2v) is 11.1. The van der Waals surface area contributed by atoms with Gasteiger partial charge in [-0.05, 0) is 35.4 Å². The number of halogens is 2. The zero-order valence-corrected chi connectivity index (χ0v) is 24.6. The first-order chi connectivity index (χ1) is 19.7. The van der Waals surface area contributed by atoms with E-state index in [1.54, 1.807) is 50.6 Å². The number of ether oxygens (including phenoxy) is 1. The fraction of sp³-hybridized carbons (Fsp3) is 0.200. The van der Waals surface area contributed by atoms with Crippen LogP contribution in [0.3, 0.4) is 0 Å². The van der Waals surface area contributed by atoms with Crippen molar-refractivity contribution in [2.75, 3.05) is 20.7 Å². The van der Waals surface area contributed by atoms with E-state index in [9.17, 15) is 14.4 Å². The predicted octanol–water partition coefficient (Wildman–Crippen LogP) is 5.54. The third-order valence-electron chi connectivity index (χ3n) is 6.76. The van der Waals surface area contributed by atoms with Crippen LogP contribution >= 0.6 is 27.5 Å². The molecule has 0 bridgehead atoms. The Labute approximate surface area is 250 Å².